The fourth-order valence-corrected chi connectivity index (χ4v) is 4.58. The largest absolute Gasteiger partial charge is 0.375 e. The van der Waals surface area contributed by atoms with E-state index in [4.69, 9.17) is 4.74 Å². The van der Waals surface area contributed by atoms with Crippen LogP contribution in [-0.4, -0.2) is 54.5 Å². The monoisotopic (exact) mass is 312 g/mol. The van der Waals surface area contributed by atoms with Crippen molar-refractivity contribution in [3.8, 4) is 0 Å². The molecule has 2 fully saturated rings. The smallest absolute Gasteiger partial charge is 0.246 e. The van der Waals surface area contributed by atoms with Crippen molar-refractivity contribution in [1.82, 2.24) is 14.3 Å². The molecule has 1 saturated carbocycles. The Morgan fingerprint density at radius 3 is 2.86 bits per heavy atom. The van der Waals surface area contributed by atoms with Gasteiger partial charge in [-0.3, -0.25) is 0 Å². The fourth-order valence-electron chi connectivity index (χ4n) is 3.02. The van der Waals surface area contributed by atoms with Gasteiger partial charge in [0, 0.05) is 13.1 Å². The molecule has 1 aliphatic carbocycles. The summed E-state index contributed by atoms with van der Waals surface area (Å²) in [4.78, 5) is 8.26. The number of sulfonamides is 1. The van der Waals surface area contributed by atoms with Crippen LogP contribution in [0.1, 0.15) is 26.2 Å². The Labute approximate surface area is 124 Å². The number of nitrogens with zero attached hydrogens (tertiary/aromatic N) is 3. The van der Waals surface area contributed by atoms with Gasteiger partial charge in [0.15, 0.2) is 0 Å². The predicted octanol–water partition coefficient (Wildman–Crippen LogP) is 0.850. The minimum atomic E-state index is -3.55. The summed E-state index contributed by atoms with van der Waals surface area (Å²) in [5.41, 5.74) is 0. The number of hydrogen-bond donors (Lipinski definition) is 1. The van der Waals surface area contributed by atoms with Crippen molar-refractivity contribution in [2.75, 3.05) is 25.0 Å². The molecule has 0 radical (unpaired) electrons. The van der Waals surface area contributed by atoms with E-state index in [0.29, 0.717) is 25.6 Å². The maximum atomic E-state index is 12.8. The summed E-state index contributed by atoms with van der Waals surface area (Å²) in [6.45, 7) is 3.48. The molecule has 0 bridgehead atoms. The molecule has 0 amide bonds. The molecule has 2 atom stereocenters. The average Bonchev–Trinajstić information content (AvgIpc) is 2.96. The quantitative estimate of drug-likeness (QED) is 0.887. The summed E-state index contributed by atoms with van der Waals surface area (Å²) in [5, 5.41) is 2.95. The number of rotatable bonds is 4. The fraction of sp³-hybridized carbons (Fsp3) is 0.692. The highest BCUT2D eigenvalue weighted by atomic mass is 32.2. The Kier molecular flexibility index (Phi) is 4.10. The molecule has 0 aromatic carbocycles. The summed E-state index contributed by atoms with van der Waals surface area (Å²) in [6.07, 6.45) is 5.60. The zero-order valence-electron chi connectivity index (χ0n) is 12.0. The van der Waals surface area contributed by atoms with Crippen LogP contribution in [-0.2, 0) is 14.8 Å². The molecule has 21 heavy (non-hydrogen) atoms. The van der Waals surface area contributed by atoms with Crippen LogP contribution in [0.5, 0.6) is 0 Å². The van der Waals surface area contributed by atoms with Gasteiger partial charge < -0.3 is 10.1 Å². The number of hydrogen-bond acceptors (Lipinski definition) is 6. The second-order valence-corrected chi connectivity index (χ2v) is 7.19. The second kappa shape index (κ2) is 5.86. The Morgan fingerprint density at radius 2 is 2.14 bits per heavy atom. The summed E-state index contributed by atoms with van der Waals surface area (Å²) in [6, 6.07) is -0.0443. The van der Waals surface area contributed by atoms with E-state index in [2.05, 4.69) is 15.3 Å². The van der Waals surface area contributed by atoms with Crippen LogP contribution in [0, 0.1) is 0 Å². The lowest BCUT2D eigenvalue weighted by molar-refractivity contribution is -0.0241. The molecule has 8 heteroatoms. The van der Waals surface area contributed by atoms with E-state index in [1.54, 1.807) is 4.31 Å². The van der Waals surface area contributed by atoms with Crippen molar-refractivity contribution < 1.29 is 13.2 Å². The summed E-state index contributed by atoms with van der Waals surface area (Å²) < 4.78 is 32.8. The van der Waals surface area contributed by atoms with Crippen LogP contribution in [0.15, 0.2) is 17.3 Å². The van der Waals surface area contributed by atoms with Gasteiger partial charge in [0.2, 0.25) is 16.0 Å². The molecular formula is C13H20N4O3S. The van der Waals surface area contributed by atoms with E-state index >= 15 is 0 Å². The number of fused-ring (bicyclic) bond motifs is 1. The highest BCUT2D eigenvalue weighted by molar-refractivity contribution is 7.89. The maximum absolute atomic E-state index is 12.8. The Balaban J connectivity index is 1.85. The number of ether oxygens (including phenoxy) is 1. The van der Waals surface area contributed by atoms with E-state index < -0.39 is 10.0 Å². The third-order valence-electron chi connectivity index (χ3n) is 4.00. The van der Waals surface area contributed by atoms with E-state index in [0.717, 1.165) is 19.3 Å². The van der Waals surface area contributed by atoms with E-state index in [1.165, 1.54) is 12.4 Å². The SMILES string of the molecule is CCNc1ncc(S(=O)(=O)N2CCOC3CCCC32)cn1. The number of nitrogens with one attached hydrogen (secondary N) is 1. The van der Waals surface area contributed by atoms with E-state index in [9.17, 15) is 8.42 Å². The van der Waals surface area contributed by atoms with Gasteiger partial charge in [0.05, 0.1) is 31.1 Å². The van der Waals surface area contributed by atoms with Crippen molar-refractivity contribution in [3.63, 3.8) is 0 Å². The molecule has 2 aliphatic rings. The minimum Gasteiger partial charge on any atom is -0.375 e. The van der Waals surface area contributed by atoms with Crippen LogP contribution in [0.25, 0.3) is 0 Å². The highest BCUT2D eigenvalue weighted by Crippen LogP contribution is 2.33. The summed E-state index contributed by atoms with van der Waals surface area (Å²) in [5.74, 6) is 0.442. The molecule has 7 nitrogen and oxygen atoms in total. The predicted molar refractivity (Wildman–Crippen MR) is 77.5 cm³/mol. The molecule has 2 heterocycles. The standard InChI is InChI=1S/C13H20N4O3S/c1-2-14-13-15-8-10(9-16-13)21(18,19)17-6-7-20-12-5-3-4-11(12)17/h8-9,11-12H,2-7H2,1H3,(H,14,15,16). The maximum Gasteiger partial charge on any atom is 0.246 e. The third-order valence-corrected chi connectivity index (χ3v) is 5.88. The van der Waals surface area contributed by atoms with Gasteiger partial charge in [-0.25, -0.2) is 18.4 Å². The molecule has 1 aromatic rings. The zero-order valence-corrected chi connectivity index (χ0v) is 12.8. The molecule has 2 unspecified atom stereocenters. The zero-order chi connectivity index (χ0) is 14.9. The number of anilines is 1. The number of aromatic nitrogens is 2. The highest BCUT2D eigenvalue weighted by Gasteiger charge is 2.42. The van der Waals surface area contributed by atoms with Gasteiger partial charge in [0.25, 0.3) is 0 Å². The molecule has 1 N–H and O–H groups in total. The molecule has 3 rings (SSSR count). The lowest BCUT2D eigenvalue weighted by Gasteiger charge is -2.36. The van der Waals surface area contributed by atoms with Crippen molar-refractivity contribution in [2.24, 2.45) is 0 Å². The Morgan fingerprint density at radius 1 is 1.38 bits per heavy atom. The second-order valence-electron chi connectivity index (χ2n) is 5.30. The van der Waals surface area contributed by atoms with Gasteiger partial charge >= 0.3 is 0 Å². The van der Waals surface area contributed by atoms with Crippen LogP contribution >= 0.6 is 0 Å². The first-order valence-electron chi connectivity index (χ1n) is 7.32. The van der Waals surface area contributed by atoms with Crippen molar-refractivity contribution in [1.29, 1.82) is 0 Å². The van der Waals surface area contributed by atoms with Gasteiger partial charge in [-0.2, -0.15) is 4.31 Å². The van der Waals surface area contributed by atoms with Crippen LogP contribution in [0.4, 0.5) is 5.95 Å². The van der Waals surface area contributed by atoms with E-state index in [-0.39, 0.29) is 17.0 Å². The van der Waals surface area contributed by atoms with Crippen LogP contribution < -0.4 is 5.32 Å². The first-order valence-corrected chi connectivity index (χ1v) is 8.76. The molecule has 1 saturated heterocycles. The van der Waals surface area contributed by atoms with Crippen LogP contribution in [0.2, 0.25) is 0 Å². The van der Waals surface area contributed by atoms with Gasteiger partial charge in [-0.05, 0) is 26.2 Å². The molecule has 1 aliphatic heterocycles. The minimum absolute atomic E-state index is 0.0375. The molecule has 0 spiro atoms. The lowest BCUT2D eigenvalue weighted by atomic mass is 10.2. The van der Waals surface area contributed by atoms with Crippen LogP contribution in [0.3, 0.4) is 0 Å². The first kappa shape index (κ1) is 14.7. The first-order chi connectivity index (χ1) is 10.1. The Hall–Kier alpha value is -1.25. The van der Waals surface area contributed by atoms with Crippen molar-refractivity contribution in [2.45, 2.75) is 43.2 Å². The Bertz CT molecular complexity index is 590. The normalized spacial score (nSPS) is 26.5. The number of morpholine rings is 1. The topological polar surface area (TPSA) is 84.4 Å². The van der Waals surface area contributed by atoms with Gasteiger partial charge in [0.1, 0.15) is 4.90 Å². The lowest BCUT2D eigenvalue weighted by Crippen LogP contribution is -2.51. The summed E-state index contributed by atoms with van der Waals surface area (Å²) >= 11 is 0. The average molecular weight is 312 g/mol. The summed E-state index contributed by atoms with van der Waals surface area (Å²) in [7, 11) is -3.55. The van der Waals surface area contributed by atoms with E-state index in [1.807, 2.05) is 6.92 Å². The third kappa shape index (κ3) is 2.75. The van der Waals surface area contributed by atoms with Crippen molar-refractivity contribution in [3.05, 3.63) is 12.4 Å². The molecule has 1 aromatic heterocycles. The van der Waals surface area contributed by atoms with Gasteiger partial charge in [-0.15, -0.1) is 0 Å². The molecular weight excluding hydrogens is 292 g/mol. The van der Waals surface area contributed by atoms with Crippen molar-refractivity contribution >= 4 is 16.0 Å². The molecule has 116 valence electrons. The van der Waals surface area contributed by atoms with Gasteiger partial charge in [-0.1, -0.05) is 0 Å².